The highest BCUT2D eigenvalue weighted by atomic mass is 16.5. The largest absolute Gasteiger partial charge is 0.343 e. The summed E-state index contributed by atoms with van der Waals surface area (Å²) in [6, 6.07) is 6.71. The van der Waals surface area contributed by atoms with Gasteiger partial charge in [0, 0.05) is 0 Å². The summed E-state index contributed by atoms with van der Waals surface area (Å²) in [5, 5.41) is 3.58. The zero-order valence-electron chi connectivity index (χ0n) is 8.66. The van der Waals surface area contributed by atoms with Crippen LogP contribution in [0, 0.1) is 0 Å². The van der Waals surface area contributed by atoms with Gasteiger partial charge in [0.15, 0.2) is 5.82 Å². The molecule has 6 heteroatoms. The number of hydrogen-bond acceptors (Lipinski definition) is 5. The zero-order chi connectivity index (χ0) is 11.8. The summed E-state index contributed by atoms with van der Waals surface area (Å²) in [7, 11) is 0. The number of carbonyl (C=O) groups excluding carboxylic acids is 2. The van der Waals surface area contributed by atoms with Crippen molar-refractivity contribution >= 4 is 11.8 Å². The summed E-state index contributed by atoms with van der Waals surface area (Å²) in [5.41, 5.74) is 0.835. The van der Waals surface area contributed by atoms with Crippen LogP contribution in [-0.4, -0.2) is 26.9 Å². The summed E-state index contributed by atoms with van der Waals surface area (Å²) in [4.78, 5) is 28.8. The second kappa shape index (κ2) is 3.51. The lowest BCUT2D eigenvalue weighted by atomic mass is 10.1. The van der Waals surface area contributed by atoms with Gasteiger partial charge in [-0.15, -0.1) is 0 Å². The first-order valence-electron chi connectivity index (χ1n) is 4.98. The van der Waals surface area contributed by atoms with Gasteiger partial charge in [-0.2, -0.15) is 4.98 Å². The Labute approximate surface area is 95.8 Å². The van der Waals surface area contributed by atoms with Gasteiger partial charge in [-0.1, -0.05) is 17.3 Å². The number of benzene rings is 1. The summed E-state index contributed by atoms with van der Waals surface area (Å²) < 4.78 is 4.56. The number of rotatable bonds is 2. The third-order valence-electron chi connectivity index (χ3n) is 2.58. The van der Waals surface area contributed by atoms with Crippen molar-refractivity contribution in [2.75, 3.05) is 0 Å². The molecule has 2 heterocycles. The molecule has 0 bridgehead atoms. The van der Waals surface area contributed by atoms with Crippen LogP contribution in [0.3, 0.4) is 0 Å². The summed E-state index contributed by atoms with van der Waals surface area (Å²) in [6.07, 6.45) is 1.16. The highest BCUT2D eigenvalue weighted by Gasteiger charge is 2.35. The van der Waals surface area contributed by atoms with E-state index in [1.54, 1.807) is 24.3 Å². The first-order valence-corrected chi connectivity index (χ1v) is 4.98. The fourth-order valence-corrected chi connectivity index (χ4v) is 1.79. The Morgan fingerprint density at radius 1 is 1.12 bits per heavy atom. The van der Waals surface area contributed by atoms with Crippen molar-refractivity contribution in [3.8, 4) is 0 Å². The van der Waals surface area contributed by atoms with Crippen LogP contribution in [-0.2, 0) is 6.54 Å². The fraction of sp³-hybridized carbons (Fsp3) is 0.0909. The molecule has 0 N–H and O–H groups in total. The standard InChI is InChI=1S/C11H7N3O3/c15-10-7-3-1-2-4-8(7)11(16)14(10)5-9-12-6-17-13-9/h1-4,6H,5H2. The van der Waals surface area contributed by atoms with Gasteiger partial charge in [-0.05, 0) is 12.1 Å². The second-order valence-corrected chi connectivity index (χ2v) is 3.59. The number of imide groups is 1. The molecule has 0 unspecified atom stereocenters. The molecule has 1 aliphatic rings. The summed E-state index contributed by atoms with van der Waals surface area (Å²) in [5.74, 6) is -0.342. The van der Waals surface area contributed by atoms with Gasteiger partial charge in [0.05, 0.1) is 17.7 Å². The van der Waals surface area contributed by atoms with Crippen LogP contribution in [0.25, 0.3) is 0 Å². The Hall–Kier alpha value is -2.50. The van der Waals surface area contributed by atoms with Crippen LogP contribution in [0.5, 0.6) is 0 Å². The van der Waals surface area contributed by atoms with Gasteiger partial charge in [-0.3, -0.25) is 14.5 Å². The molecule has 2 amide bonds. The van der Waals surface area contributed by atoms with Gasteiger partial charge < -0.3 is 4.52 Å². The predicted octanol–water partition coefficient (Wildman–Crippen LogP) is 0.866. The molecule has 2 aromatic rings. The predicted molar refractivity (Wildman–Crippen MR) is 54.9 cm³/mol. The molecule has 1 aromatic heterocycles. The highest BCUT2D eigenvalue weighted by molar-refractivity contribution is 6.21. The van der Waals surface area contributed by atoms with Gasteiger partial charge in [0.2, 0.25) is 6.39 Å². The minimum absolute atomic E-state index is 0.0306. The average Bonchev–Trinajstić information content (AvgIpc) is 2.94. The minimum atomic E-state index is -0.324. The van der Waals surface area contributed by atoms with Crippen molar-refractivity contribution in [2.45, 2.75) is 6.54 Å². The topological polar surface area (TPSA) is 76.3 Å². The van der Waals surface area contributed by atoms with E-state index in [9.17, 15) is 9.59 Å². The van der Waals surface area contributed by atoms with Crippen LogP contribution in [0.4, 0.5) is 0 Å². The van der Waals surface area contributed by atoms with Crippen molar-refractivity contribution in [2.24, 2.45) is 0 Å². The SMILES string of the molecule is O=C1c2ccccc2C(=O)N1Cc1ncon1. The van der Waals surface area contributed by atoms with Crippen molar-refractivity contribution < 1.29 is 14.1 Å². The van der Waals surface area contributed by atoms with E-state index in [2.05, 4.69) is 14.7 Å². The molecular formula is C11H7N3O3. The quantitative estimate of drug-likeness (QED) is 0.714. The minimum Gasteiger partial charge on any atom is -0.343 e. The second-order valence-electron chi connectivity index (χ2n) is 3.59. The number of fused-ring (bicyclic) bond motifs is 1. The molecule has 0 saturated carbocycles. The molecule has 0 atom stereocenters. The molecule has 1 aromatic carbocycles. The van der Waals surface area contributed by atoms with Crippen LogP contribution >= 0.6 is 0 Å². The first-order chi connectivity index (χ1) is 8.27. The van der Waals surface area contributed by atoms with Gasteiger partial charge in [0.1, 0.15) is 0 Å². The Balaban J connectivity index is 1.95. The molecule has 0 fully saturated rings. The third kappa shape index (κ3) is 1.42. The first kappa shape index (κ1) is 9.71. The van der Waals surface area contributed by atoms with Gasteiger partial charge in [-0.25, -0.2) is 0 Å². The molecule has 84 valence electrons. The molecule has 0 radical (unpaired) electrons. The monoisotopic (exact) mass is 229 g/mol. The average molecular weight is 229 g/mol. The lowest BCUT2D eigenvalue weighted by molar-refractivity contribution is 0.0637. The lowest BCUT2D eigenvalue weighted by Crippen LogP contribution is -2.29. The van der Waals surface area contributed by atoms with Crippen LogP contribution in [0.1, 0.15) is 26.5 Å². The molecule has 0 spiro atoms. The molecule has 6 nitrogen and oxygen atoms in total. The van der Waals surface area contributed by atoms with Gasteiger partial charge >= 0.3 is 0 Å². The Kier molecular flexibility index (Phi) is 2.01. The maximum atomic E-state index is 12.0. The molecule has 0 aliphatic carbocycles. The molecule has 1 aliphatic heterocycles. The number of amides is 2. The molecular weight excluding hydrogens is 222 g/mol. The van der Waals surface area contributed by atoms with E-state index in [4.69, 9.17) is 0 Å². The van der Waals surface area contributed by atoms with E-state index in [1.807, 2.05) is 0 Å². The van der Waals surface area contributed by atoms with E-state index in [-0.39, 0.29) is 18.4 Å². The molecule has 0 saturated heterocycles. The maximum absolute atomic E-state index is 12.0. The molecule has 17 heavy (non-hydrogen) atoms. The van der Waals surface area contributed by atoms with E-state index >= 15 is 0 Å². The van der Waals surface area contributed by atoms with E-state index in [0.717, 1.165) is 11.3 Å². The zero-order valence-corrected chi connectivity index (χ0v) is 8.66. The van der Waals surface area contributed by atoms with E-state index < -0.39 is 0 Å². The summed E-state index contributed by atoms with van der Waals surface area (Å²) >= 11 is 0. The normalized spacial score (nSPS) is 14.2. The van der Waals surface area contributed by atoms with Crippen molar-refractivity contribution in [1.82, 2.24) is 15.0 Å². The summed E-state index contributed by atoms with van der Waals surface area (Å²) in [6.45, 7) is 0.0306. The van der Waals surface area contributed by atoms with Crippen LogP contribution in [0.2, 0.25) is 0 Å². The molecule has 3 rings (SSSR count). The number of carbonyl (C=O) groups is 2. The van der Waals surface area contributed by atoms with E-state index in [1.165, 1.54) is 0 Å². The highest BCUT2D eigenvalue weighted by Crippen LogP contribution is 2.23. The third-order valence-corrected chi connectivity index (χ3v) is 2.58. The number of aromatic nitrogens is 2. The van der Waals surface area contributed by atoms with Crippen molar-refractivity contribution in [3.63, 3.8) is 0 Å². The van der Waals surface area contributed by atoms with Gasteiger partial charge in [0.25, 0.3) is 11.8 Å². The van der Waals surface area contributed by atoms with Crippen molar-refractivity contribution in [3.05, 3.63) is 47.6 Å². The van der Waals surface area contributed by atoms with Crippen LogP contribution < -0.4 is 0 Å². The Morgan fingerprint density at radius 2 is 1.76 bits per heavy atom. The van der Waals surface area contributed by atoms with Crippen LogP contribution in [0.15, 0.2) is 35.2 Å². The Morgan fingerprint density at radius 3 is 2.29 bits per heavy atom. The fourth-order valence-electron chi connectivity index (χ4n) is 1.79. The maximum Gasteiger partial charge on any atom is 0.261 e. The van der Waals surface area contributed by atoms with Crippen molar-refractivity contribution in [1.29, 1.82) is 0 Å². The lowest BCUT2D eigenvalue weighted by Gasteiger charge is -2.10. The Bertz CT molecular complexity index is 557. The smallest absolute Gasteiger partial charge is 0.261 e. The number of hydrogen-bond donors (Lipinski definition) is 0. The van der Waals surface area contributed by atoms with E-state index in [0.29, 0.717) is 17.0 Å². The number of nitrogens with zero attached hydrogens (tertiary/aromatic N) is 3.